The van der Waals surface area contributed by atoms with E-state index in [1.165, 1.54) is 21.3 Å². The summed E-state index contributed by atoms with van der Waals surface area (Å²) in [5.74, 6) is -0.0892. The van der Waals surface area contributed by atoms with Gasteiger partial charge in [-0.05, 0) is 18.2 Å². The highest BCUT2D eigenvalue weighted by molar-refractivity contribution is 7.88. The van der Waals surface area contributed by atoms with Crippen LogP contribution in [0.2, 0.25) is 5.02 Å². The lowest BCUT2D eigenvalue weighted by Gasteiger charge is -2.44. The lowest BCUT2D eigenvalue weighted by atomic mass is 10.1. The number of hydrogen-bond acceptors (Lipinski definition) is 6. The van der Waals surface area contributed by atoms with Gasteiger partial charge in [-0.15, -0.1) is 0 Å². The third-order valence-electron chi connectivity index (χ3n) is 4.27. The summed E-state index contributed by atoms with van der Waals surface area (Å²) in [6.45, 7) is 2.33. The van der Waals surface area contributed by atoms with Crippen molar-refractivity contribution < 1.29 is 22.1 Å². The zero-order valence-electron chi connectivity index (χ0n) is 14.7. The standard InChI is InChI=1S/C16H18ClFN4O4S/c1-10-19-15(20-26-10)5-6-22(27(2,24)25)12-8-21(9-12)16(23)11-3-4-14(18)13(17)7-11/h3-4,7,12H,5-6,8-9H2,1-2H3. The van der Waals surface area contributed by atoms with Crippen molar-refractivity contribution in [3.63, 3.8) is 0 Å². The number of carbonyl (C=O) groups is 1. The molecule has 27 heavy (non-hydrogen) atoms. The van der Waals surface area contributed by atoms with E-state index in [0.717, 1.165) is 12.3 Å². The van der Waals surface area contributed by atoms with Gasteiger partial charge in [-0.3, -0.25) is 4.79 Å². The molecule has 0 spiro atoms. The highest BCUT2D eigenvalue weighted by Crippen LogP contribution is 2.23. The van der Waals surface area contributed by atoms with Crippen LogP contribution in [-0.2, 0) is 16.4 Å². The van der Waals surface area contributed by atoms with Crippen molar-refractivity contribution in [2.45, 2.75) is 19.4 Å². The van der Waals surface area contributed by atoms with E-state index in [-0.39, 0.29) is 42.2 Å². The van der Waals surface area contributed by atoms with Crippen LogP contribution in [-0.4, -0.2) is 65.6 Å². The molecule has 2 aromatic rings. The van der Waals surface area contributed by atoms with Crippen molar-refractivity contribution in [3.05, 3.63) is 46.3 Å². The van der Waals surface area contributed by atoms with Crippen LogP contribution >= 0.6 is 11.6 Å². The molecular formula is C16H18ClFN4O4S. The van der Waals surface area contributed by atoms with E-state index in [4.69, 9.17) is 16.1 Å². The molecule has 0 unspecified atom stereocenters. The Labute approximate surface area is 160 Å². The average Bonchev–Trinajstić information content (AvgIpc) is 2.95. The largest absolute Gasteiger partial charge is 0.340 e. The Bertz CT molecular complexity index is 959. The first kappa shape index (κ1) is 19.7. The van der Waals surface area contributed by atoms with Crippen LogP contribution in [0, 0.1) is 12.7 Å². The number of amides is 1. The molecule has 0 radical (unpaired) electrons. The van der Waals surface area contributed by atoms with Gasteiger partial charge in [-0.2, -0.15) is 9.29 Å². The average molecular weight is 417 g/mol. The lowest BCUT2D eigenvalue weighted by Crippen LogP contribution is -2.62. The second-order valence-corrected chi connectivity index (χ2v) is 8.69. The smallest absolute Gasteiger partial charge is 0.254 e. The molecule has 146 valence electrons. The number of aromatic nitrogens is 2. The Balaban J connectivity index is 1.63. The van der Waals surface area contributed by atoms with E-state index in [1.807, 2.05) is 0 Å². The molecule has 0 bridgehead atoms. The number of rotatable bonds is 6. The minimum absolute atomic E-state index is 0.133. The van der Waals surface area contributed by atoms with E-state index in [0.29, 0.717) is 18.1 Å². The summed E-state index contributed by atoms with van der Waals surface area (Å²) in [5, 5.41) is 3.62. The number of benzene rings is 1. The Morgan fingerprint density at radius 2 is 2.15 bits per heavy atom. The van der Waals surface area contributed by atoms with Gasteiger partial charge in [0.2, 0.25) is 15.9 Å². The highest BCUT2D eigenvalue weighted by Gasteiger charge is 2.39. The number of aryl methyl sites for hydroxylation is 1. The first-order valence-electron chi connectivity index (χ1n) is 8.15. The Hall–Kier alpha value is -2.04. The summed E-state index contributed by atoms with van der Waals surface area (Å²) in [6, 6.07) is 3.40. The summed E-state index contributed by atoms with van der Waals surface area (Å²) in [5.41, 5.74) is 0.257. The Morgan fingerprint density at radius 1 is 1.44 bits per heavy atom. The van der Waals surface area contributed by atoms with Crippen LogP contribution in [0.5, 0.6) is 0 Å². The third-order valence-corrected chi connectivity index (χ3v) is 5.90. The normalized spacial score (nSPS) is 15.2. The fourth-order valence-corrected chi connectivity index (χ4v) is 4.17. The minimum atomic E-state index is -3.48. The van der Waals surface area contributed by atoms with Gasteiger partial charge in [0.1, 0.15) is 5.82 Å². The lowest BCUT2D eigenvalue weighted by molar-refractivity contribution is 0.0454. The molecule has 1 aliphatic heterocycles. The fraction of sp³-hybridized carbons (Fsp3) is 0.438. The summed E-state index contributed by atoms with van der Waals surface area (Å²) in [7, 11) is -3.48. The number of nitrogens with zero attached hydrogens (tertiary/aromatic N) is 4. The summed E-state index contributed by atoms with van der Waals surface area (Å²) in [4.78, 5) is 18.0. The van der Waals surface area contributed by atoms with E-state index < -0.39 is 15.8 Å². The zero-order valence-corrected chi connectivity index (χ0v) is 16.3. The zero-order chi connectivity index (χ0) is 19.8. The molecule has 1 saturated heterocycles. The number of sulfonamides is 1. The maximum atomic E-state index is 13.2. The third kappa shape index (κ3) is 4.45. The van der Waals surface area contributed by atoms with Crippen molar-refractivity contribution in [2.75, 3.05) is 25.9 Å². The van der Waals surface area contributed by atoms with Gasteiger partial charge < -0.3 is 9.42 Å². The number of likely N-dealkylation sites (tertiary alicyclic amines) is 1. The highest BCUT2D eigenvalue weighted by atomic mass is 35.5. The molecule has 2 heterocycles. The molecule has 11 heteroatoms. The van der Waals surface area contributed by atoms with E-state index in [1.54, 1.807) is 6.92 Å². The second-order valence-electron chi connectivity index (χ2n) is 6.35. The molecule has 0 saturated carbocycles. The second kappa shape index (κ2) is 7.53. The van der Waals surface area contributed by atoms with Crippen molar-refractivity contribution >= 4 is 27.5 Å². The maximum Gasteiger partial charge on any atom is 0.254 e. The van der Waals surface area contributed by atoms with Crippen LogP contribution in [0.15, 0.2) is 22.7 Å². The summed E-state index contributed by atoms with van der Waals surface area (Å²) >= 11 is 5.71. The molecule has 1 aromatic heterocycles. The van der Waals surface area contributed by atoms with Gasteiger partial charge in [0, 0.05) is 38.5 Å². The van der Waals surface area contributed by atoms with Gasteiger partial charge in [0.25, 0.3) is 5.91 Å². The predicted molar refractivity (Wildman–Crippen MR) is 95.4 cm³/mol. The molecule has 0 atom stereocenters. The molecular weight excluding hydrogens is 399 g/mol. The maximum absolute atomic E-state index is 13.2. The molecule has 8 nitrogen and oxygen atoms in total. The topological polar surface area (TPSA) is 96.6 Å². The molecule has 1 amide bonds. The Morgan fingerprint density at radius 3 is 2.70 bits per heavy atom. The van der Waals surface area contributed by atoms with Gasteiger partial charge in [-0.1, -0.05) is 16.8 Å². The first-order chi connectivity index (χ1) is 12.6. The SMILES string of the molecule is Cc1nc(CCN(C2CN(C(=O)c3ccc(F)c(Cl)c3)C2)S(C)(=O)=O)no1. The summed E-state index contributed by atoms with van der Waals surface area (Å²) in [6.07, 6.45) is 1.43. The van der Waals surface area contributed by atoms with Gasteiger partial charge >= 0.3 is 0 Å². The molecule has 0 N–H and O–H groups in total. The van der Waals surface area contributed by atoms with E-state index in [2.05, 4.69) is 10.1 Å². The molecule has 1 aliphatic rings. The van der Waals surface area contributed by atoms with Crippen LogP contribution in [0.1, 0.15) is 22.1 Å². The van der Waals surface area contributed by atoms with Gasteiger partial charge in [0.15, 0.2) is 5.82 Å². The monoisotopic (exact) mass is 416 g/mol. The van der Waals surface area contributed by atoms with Crippen molar-refractivity contribution in [2.24, 2.45) is 0 Å². The molecule has 1 fully saturated rings. The number of halogens is 2. The number of hydrogen-bond donors (Lipinski definition) is 0. The number of carbonyl (C=O) groups excluding carboxylic acids is 1. The minimum Gasteiger partial charge on any atom is -0.340 e. The van der Waals surface area contributed by atoms with E-state index in [9.17, 15) is 17.6 Å². The van der Waals surface area contributed by atoms with Crippen LogP contribution < -0.4 is 0 Å². The fourth-order valence-electron chi connectivity index (χ4n) is 2.89. The van der Waals surface area contributed by atoms with Crippen molar-refractivity contribution in [1.82, 2.24) is 19.3 Å². The van der Waals surface area contributed by atoms with Crippen LogP contribution in [0.3, 0.4) is 0 Å². The molecule has 0 aliphatic carbocycles. The molecule has 1 aromatic carbocycles. The van der Waals surface area contributed by atoms with Crippen molar-refractivity contribution in [3.8, 4) is 0 Å². The quantitative estimate of drug-likeness (QED) is 0.708. The predicted octanol–water partition coefficient (Wildman–Crippen LogP) is 1.50. The summed E-state index contributed by atoms with van der Waals surface area (Å²) < 4.78 is 43.7. The van der Waals surface area contributed by atoms with Crippen LogP contribution in [0.4, 0.5) is 4.39 Å². The first-order valence-corrected chi connectivity index (χ1v) is 10.4. The van der Waals surface area contributed by atoms with Gasteiger partial charge in [0.05, 0.1) is 17.3 Å². The van der Waals surface area contributed by atoms with Crippen molar-refractivity contribution in [1.29, 1.82) is 0 Å². The molecule has 3 rings (SSSR count). The Kier molecular flexibility index (Phi) is 5.50. The van der Waals surface area contributed by atoms with Gasteiger partial charge in [-0.25, -0.2) is 12.8 Å². The van der Waals surface area contributed by atoms with E-state index >= 15 is 0 Å². The van der Waals surface area contributed by atoms with Crippen LogP contribution in [0.25, 0.3) is 0 Å².